The number of hydrogen-bond donors (Lipinski definition) is 2. The first-order chi connectivity index (χ1) is 19.5. The van der Waals surface area contributed by atoms with Crippen molar-refractivity contribution >= 4 is 40.8 Å². The Morgan fingerprint density at radius 1 is 1.20 bits per heavy atom. The largest absolute Gasteiger partial charge is 0.466 e. The lowest BCUT2D eigenvalue weighted by Crippen LogP contribution is -2.33. The van der Waals surface area contributed by atoms with Crippen molar-refractivity contribution in [1.82, 2.24) is 24.3 Å². The molecule has 4 aromatic rings. The van der Waals surface area contributed by atoms with Crippen LogP contribution in [0.2, 0.25) is 5.02 Å². The molecule has 214 valence electrons. The molecule has 3 aromatic heterocycles. The summed E-state index contributed by atoms with van der Waals surface area (Å²) in [5.41, 5.74) is 0.452. The first-order valence-electron chi connectivity index (χ1n) is 12.8. The summed E-state index contributed by atoms with van der Waals surface area (Å²) in [5.74, 6) is -0.248. The van der Waals surface area contributed by atoms with Crippen LogP contribution in [-0.4, -0.2) is 55.5 Å². The van der Waals surface area contributed by atoms with E-state index in [1.54, 1.807) is 54.9 Å². The van der Waals surface area contributed by atoms with Crippen molar-refractivity contribution in [3.8, 4) is 11.5 Å². The Labute approximate surface area is 237 Å². The van der Waals surface area contributed by atoms with Gasteiger partial charge in [0.05, 0.1) is 24.3 Å². The maximum Gasteiger partial charge on any atom is 0.389 e. The number of imidazole rings is 1. The summed E-state index contributed by atoms with van der Waals surface area (Å²) < 4.78 is 45.6. The number of nitrogens with zero attached hydrogens (tertiary/aromatic N) is 5. The summed E-state index contributed by atoms with van der Waals surface area (Å²) in [7, 11) is 0. The molecule has 0 aliphatic carbocycles. The lowest BCUT2D eigenvalue weighted by molar-refractivity contribution is -0.142. The predicted molar refractivity (Wildman–Crippen MR) is 145 cm³/mol. The van der Waals surface area contributed by atoms with Gasteiger partial charge in [0, 0.05) is 43.0 Å². The lowest BCUT2D eigenvalue weighted by atomic mass is 9.77. The minimum atomic E-state index is -4.38. The SMILES string of the molecule is CCOC(=O)CCNc1nc(-c2cn3ccnc3c(CCC(F)(F)F)n2)nc2c1C(C)(c1ccc(Cl)cc1)C(=O)N2. The molecular weight excluding hydrogens is 563 g/mol. The molecule has 0 radical (unpaired) electrons. The van der Waals surface area contributed by atoms with Crippen LogP contribution in [0, 0.1) is 0 Å². The highest BCUT2D eigenvalue weighted by atomic mass is 35.5. The minimum absolute atomic E-state index is 0.0296. The molecule has 0 saturated heterocycles. The van der Waals surface area contributed by atoms with Crippen LogP contribution in [0.15, 0.2) is 42.9 Å². The molecule has 1 atom stereocenters. The number of halogens is 4. The van der Waals surface area contributed by atoms with Crippen molar-refractivity contribution in [2.24, 2.45) is 0 Å². The average molecular weight is 588 g/mol. The van der Waals surface area contributed by atoms with Crippen LogP contribution in [0.5, 0.6) is 0 Å². The number of carbonyl (C=O) groups is 2. The van der Waals surface area contributed by atoms with Gasteiger partial charge < -0.3 is 19.8 Å². The van der Waals surface area contributed by atoms with Gasteiger partial charge in [-0.3, -0.25) is 9.59 Å². The Hall–Kier alpha value is -4.26. The number of hydrogen-bond acceptors (Lipinski definition) is 8. The Morgan fingerprint density at radius 2 is 1.95 bits per heavy atom. The number of alkyl halides is 3. The Bertz CT molecular complexity index is 1630. The third-order valence-electron chi connectivity index (χ3n) is 6.76. The van der Waals surface area contributed by atoms with E-state index in [1.165, 1.54) is 6.20 Å². The number of aromatic nitrogens is 5. The van der Waals surface area contributed by atoms with Gasteiger partial charge in [-0.1, -0.05) is 23.7 Å². The average Bonchev–Trinajstić information content (AvgIpc) is 3.50. The minimum Gasteiger partial charge on any atom is -0.466 e. The monoisotopic (exact) mass is 587 g/mol. The summed E-state index contributed by atoms with van der Waals surface area (Å²) in [6.45, 7) is 3.80. The molecule has 0 fully saturated rings. The Kier molecular flexibility index (Phi) is 7.56. The van der Waals surface area contributed by atoms with Gasteiger partial charge in [-0.05, 0) is 31.5 Å². The number of amides is 1. The van der Waals surface area contributed by atoms with Gasteiger partial charge in [0.2, 0.25) is 5.91 Å². The maximum atomic E-state index is 13.4. The number of rotatable bonds is 9. The number of benzene rings is 1. The molecule has 5 rings (SSSR count). The van der Waals surface area contributed by atoms with E-state index in [0.717, 1.165) is 0 Å². The second-order valence-electron chi connectivity index (χ2n) is 9.53. The molecular formula is C27H25ClF3N7O3. The van der Waals surface area contributed by atoms with E-state index < -0.39 is 30.4 Å². The van der Waals surface area contributed by atoms with Gasteiger partial charge in [-0.25, -0.2) is 19.9 Å². The van der Waals surface area contributed by atoms with Crippen molar-refractivity contribution in [3.05, 3.63) is 64.7 Å². The van der Waals surface area contributed by atoms with Crippen molar-refractivity contribution in [1.29, 1.82) is 0 Å². The van der Waals surface area contributed by atoms with Crippen LogP contribution in [0.3, 0.4) is 0 Å². The van der Waals surface area contributed by atoms with E-state index in [-0.39, 0.29) is 60.0 Å². The zero-order valence-electron chi connectivity index (χ0n) is 22.0. The van der Waals surface area contributed by atoms with Crippen molar-refractivity contribution < 1.29 is 27.5 Å². The van der Waals surface area contributed by atoms with E-state index in [1.807, 2.05) is 0 Å². The third-order valence-corrected chi connectivity index (χ3v) is 7.01. The molecule has 1 aliphatic rings. The number of aryl methyl sites for hydroxylation is 1. The summed E-state index contributed by atoms with van der Waals surface area (Å²) in [6, 6.07) is 6.80. The van der Waals surface area contributed by atoms with Gasteiger partial charge in [0.1, 0.15) is 22.7 Å². The fraction of sp³-hybridized carbons (Fsp3) is 0.333. The first kappa shape index (κ1) is 28.3. The van der Waals surface area contributed by atoms with Gasteiger partial charge in [0.25, 0.3) is 0 Å². The van der Waals surface area contributed by atoms with Crippen molar-refractivity contribution in [3.63, 3.8) is 0 Å². The van der Waals surface area contributed by atoms with Gasteiger partial charge in [-0.15, -0.1) is 0 Å². The fourth-order valence-corrected chi connectivity index (χ4v) is 4.85. The van der Waals surface area contributed by atoms with Gasteiger partial charge in [-0.2, -0.15) is 13.2 Å². The standard InChI is InChI=1S/C27H25ClF3N7O3/c1-3-41-19(39)9-11-32-22-20-23(37-25(40)26(20,2)15-4-6-16(28)7-5-15)36-21(35-22)18-14-38-13-12-33-24(38)17(34-18)8-10-27(29,30)31/h4-7,12-14H,3,8-11H2,1-2H3,(H2,32,35,36,37,40). The zero-order chi connectivity index (χ0) is 29.4. The number of nitrogens with one attached hydrogen (secondary N) is 2. The van der Waals surface area contributed by atoms with E-state index >= 15 is 0 Å². The van der Waals surface area contributed by atoms with E-state index in [4.69, 9.17) is 16.3 Å². The topological polar surface area (TPSA) is 123 Å². The molecule has 1 amide bonds. The van der Waals surface area contributed by atoms with Crippen molar-refractivity contribution in [2.75, 3.05) is 23.8 Å². The number of fused-ring (bicyclic) bond motifs is 2. The molecule has 1 unspecified atom stereocenters. The molecule has 4 heterocycles. The highest BCUT2D eigenvalue weighted by Gasteiger charge is 2.48. The quantitative estimate of drug-likeness (QED) is 0.264. The van der Waals surface area contributed by atoms with Crippen LogP contribution in [-0.2, 0) is 26.2 Å². The Morgan fingerprint density at radius 3 is 2.66 bits per heavy atom. The van der Waals surface area contributed by atoms with Crippen molar-refractivity contribution in [2.45, 2.75) is 44.7 Å². The number of carbonyl (C=O) groups excluding carboxylic acids is 2. The van der Waals surface area contributed by atoms with E-state index in [2.05, 4.69) is 30.6 Å². The van der Waals surface area contributed by atoms with Crippen LogP contribution in [0.4, 0.5) is 24.8 Å². The molecule has 41 heavy (non-hydrogen) atoms. The normalized spacial score (nSPS) is 16.5. The molecule has 0 bridgehead atoms. The maximum absolute atomic E-state index is 13.4. The number of esters is 1. The second kappa shape index (κ2) is 11.0. The molecule has 0 saturated carbocycles. The number of anilines is 2. The van der Waals surface area contributed by atoms with E-state index in [9.17, 15) is 22.8 Å². The fourth-order valence-electron chi connectivity index (χ4n) is 4.72. The smallest absolute Gasteiger partial charge is 0.389 e. The Balaban J connectivity index is 1.61. The van der Waals surface area contributed by atoms with Gasteiger partial charge in [0.15, 0.2) is 11.5 Å². The van der Waals surface area contributed by atoms with Crippen LogP contribution >= 0.6 is 11.6 Å². The molecule has 10 nitrogen and oxygen atoms in total. The summed E-state index contributed by atoms with van der Waals surface area (Å²) in [6.07, 6.45) is -1.21. The molecule has 1 aliphatic heterocycles. The zero-order valence-corrected chi connectivity index (χ0v) is 22.8. The van der Waals surface area contributed by atoms with E-state index in [0.29, 0.717) is 16.1 Å². The molecule has 1 aromatic carbocycles. The summed E-state index contributed by atoms with van der Waals surface area (Å²) in [4.78, 5) is 43.2. The molecule has 14 heteroatoms. The third kappa shape index (κ3) is 5.67. The van der Waals surface area contributed by atoms with Crippen LogP contribution in [0.25, 0.3) is 17.2 Å². The molecule has 2 N–H and O–H groups in total. The second-order valence-corrected chi connectivity index (χ2v) is 9.97. The lowest BCUT2D eigenvalue weighted by Gasteiger charge is -2.25. The summed E-state index contributed by atoms with van der Waals surface area (Å²) >= 11 is 6.08. The van der Waals surface area contributed by atoms with Crippen LogP contribution in [0.1, 0.15) is 43.5 Å². The van der Waals surface area contributed by atoms with Gasteiger partial charge >= 0.3 is 12.1 Å². The number of ether oxygens (including phenoxy) is 1. The molecule has 0 spiro atoms. The first-order valence-corrected chi connectivity index (χ1v) is 13.2. The van der Waals surface area contributed by atoms with Crippen LogP contribution < -0.4 is 10.6 Å². The highest BCUT2D eigenvalue weighted by Crippen LogP contribution is 2.46. The summed E-state index contributed by atoms with van der Waals surface area (Å²) in [5, 5.41) is 6.44. The predicted octanol–water partition coefficient (Wildman–Crippen LogP) is 4.96. The highest BCUT2D eigenvalue weighted by molar-refractivity contribution is 6.30.